The van der Waals surface area contributed by atoms with Crippen molar-refractivity contribution in [2.45, 2.75) is 87.2 Å². The zero-order chi connectivity index (χ0) is 47.8. The van der Waals surface area contributed by atoms with E-state index in [2.05, 4.69) is 23.8 Å². The quantitative estimate of drug-likeness (QED) is 0.0342. The van der Waals surface area contributed by atoms with Crippen molar-refractivity contribution in [2.75, 3.05) is 50.9 Å². The lowest BCUT2D eigenvalue weighted by atomic mass is 9.81. The van der Waals surface area contributed by atoms with E-state index in [0.717, 1.165) is 23.5 Å². The molecule has 65 heavy (non-hydrogen) atoms. The third-order valence-corrected chi connectivity index (χ3v) is 14.6. The van der Waals surface area contributed by atoms with Crippen molar-refractivity contribution >= 4 is 82.7 Å². The number of likely N-dealkylation sites (tertiary alicyclic amines) is 2. The van der Waals surface area contributed by atoms with Crippen LogP contribution in [-0.2, 0) is 57.4 Å². The lowest BCUT2D eigenvalue weighted by Gasteiger charge is -2.30. The number of ether oxygens (including phenoxy) is 2. The predicted octanol–water partition coefficient (Wildman–Crippen LogP) is 0.786. The molecule has 4 atom stereocenters. The molecule has 2 heterocycles. The molecule has 0 spiro atoms. The first-order valence-electron chi connectivity index (χ1n) is 21.4. The lowest BCUT2D eigenvalue weighted by Crippen LogP contribution is -2.40. The summed E-state index contributed by atoms with van der Waals surface area (Å²) in [6.45, 7) is 6.82. The first kappa shape index (κ1) is 52.0. The van der Waals surface area contributed by atoms with Crippen molar-refractivity contribution in [2.24, 2.45) is 35.3 Å². The Morgan fingerprint density at radius 2 is 1.11 bits per heavy atom. The van der Waals surface area contributed by atoms with Gasteiger partial charge >= 0.3 is 17.9 Å². The fourth-order valence-electron chi connectivity index (χ4n) is 8.03. The molecule has 0 aromatic rings. The Labute approximate surface area is 384 Å². The highest BCUT2D eigenvalue weighted by atomic mass is 32.2. The molecular formula is C43H55N7O13S2. The Kier molecular flexibility index (Phi) is 20.2. The van der Waals surface area contributed by atoms with Crippen molar-refractivity contribution in [3.8, 4) is 12.1 Å². The molecule has 0 bridgehead atoms. The van der Waals surface area contributed by atoms with Gasteiger partial charge in [0, 0.05) is 55.7 Å². The zero-order valence-corrected chi connectivity index (χ0v) is 37.6. The maximum Gasteiger partial charge on any atom is 0.348 e. The van der Waals surface area contributed by atoms with E-state index < -0.39 is 64.4 Å². The second kappa shape index (κ2) is 25.2. The van der Waals surface area contributed by atoms with E-state index >= 15 is 0 Å². The molecule has 6 amide bonds. The number of imide groups is 2. The number of amides is 6. The largest absolute Gasteiger partial charge is 0.481 e. The first-order valence-corrected chi connectivity index (χ1v) is 23.5. The highest BCUT2D eigenvalue weighted by molar-refractivity contribution is 8.01. The van der Waals surface area contributed by atoms with Crippen LogP contribution in [0.1, 0.15) is 70.6 Å². The number of esters is 2. The number of hydrogen-bond acceptors (Lipinski definition) is 17. The van der Waals surface area contributed by atoms with Crippen molar-refractivity contribution in [1.29, 1.82) is 10.5 Å². The van der Waals surface area contributed by atoms with Crippen LogP contribution in [-0.4, -0.2) is 141 Å². The highest BCUT2D eigenvalue weighted by Crippen LogP contribution is 2.35. The van der Waals surface area contributed by atoms with Crippen molar-refractivity contribution in [3.05, 3.63) is 24.3 Å². The lowest BCUT2D eigenvalue weighted by molar-refractivity contribution is -0.143. The summed E-state index contributed by atoms with van der Waals surface area (Å²) in [4.78, 5) is 128. The average Bonchev–Trinajstić information content (AvgIpc) is 3.72. The van der Waals surface area contributed by atoms with E-state index in [0.29, 0.717) is 51.4 Å². The number of carboxylic acid groups (broad SMARTS) is 1. The molecule has 2 aliphatic carbocycles. The fraction of sp³-hybridized carbons (Fsp3) is 0.628. The van der Waals surface area contributed by atoms with Crippen LogP contribution >= 0.6 is 23.5 Å². The van der Waals surface area contributed by atoms with E-state index in [1.54, 1.807) is 12.1 Å². The summed E-state index contributed by atoms with van der Waals surface area (Å²) in [5.41, 5.74) is 5.48. The molecule has 352 valence electrons. The van der Waals surface area contributed by atoms with Crippen LogP contribution in [0.4, 0.5) is 0 Å². The van der Waals surface area contributed by atoms with Gasteiger partial charge in [-0.25, -0.2) is 9.59 Å². The van der Waals surface area contributed by atoms with E-state index in [-0.39, 0.29) is 122 Å². The number of hydrogen-bond donors (Lipinski definition) is 4. The number of ketones is 1. The SMILES string of the molecule is C=C(C#N)C(=O)OCCNC(=O)C1CCC(CN2C(=O)CC(SCC(N)C(=O)CC(CSC3CC(=O)N(CC4CCC(C(=O)NCCOC(=O)C(=C)C#N)CC4)C3=O)C(=O)O)C2=O)CC1. The van der Waals surface area contributed by atoms with Crippen molar-refractivity contribution in [1.82, 2.24) is 20.4 Å². The van der Waals surface area contributed by atoms with Crippen LogP contribution < -0.4 is 16.4 Å². The molecule has 0 aromatic carbocycles. The summed E-state index contributed by atoms with van der Waals surface area (Å²) >= 11 is 2.06. The molecule has 4 unspecified atom stereocenters. The van der Waals surface area contributed by atoms with Crippen LogP contribution in [0.3, 0.4) is 0 Å². The molecule has 2 aliphatic heterocycles. The smallest absolute Gasteiger partial charge is 0.348 e. The summed E-state index contributed by atoms with van der Waals surface area (Å²) in [5.74, 6) is -7.45. The van der Waals surface area contributed by atoms with Crippen LogP contribution in [0.15, 0.2) is 24.3 Å². The number of nitriles is 2. The monoisotopic (exact) mass is 941 g/mol. The van der Waals surface area contributed by atoms with E-state index in [1.165, 1.54) is 9.80 Å². The number of nitrogens with one attached hydrogen (secondary N) is 2. The third-order valence-electron chi connectivity index (χ3n) is 11.9. The van der Waals surface area contributed by atoms with Gasteiger partial charge in [-0.2, -0.15) is 10.5 Å². The van der Waals surface area contributed by atoms with Gasteiger partial charge < -0.3 is 30.9 Å². The van der Waals surface area contributed by atoms with Gasteiger partial charge in [-0.05, 0) is 63.2 Å². The Bertz CT molecular complexity index is 1980. The van der Waals surface area contributed by atoms with Gasteiger partial charge in [-0.3, -0.25) is 48.2 Å². The van der Waals surface area contributed by atoms with Gasteiger partial charge in [0.05, 0.1) is 35.5 Å². The topological polar surface area (TPSA) is 314 Å². The Balaban J connectivity index is 1.12. The molecule has 0 aromatic heterocycles. The zero-order valence-electron chi connectivity index (χ0n) is 36.0. The number of nitrogens with zero attached hydrogens (tertiary/aromatic N) is 4. The second-order valence-corrected chi connectivity index (χ2v) is 19.0. The van der Waals surface area contributed by atoms with Crippen LogP contribution in [0, 0.1) is 52.3 Å². The number of carboxylic acids is 1. The Morgan fingerprint density at radius 1 is 0.708 bits per heavy atom. The van der Waals surface area contributed by atoms with Gasteiger partial charge in [0.1, 0.15) is 36.5 Å². The van der Waals surface area contributed by atoms with Gasteiger partial charge in [-0.15, -0.1) is 23.5 Å². The van der Waals surface area contributed by atoms with Crippen LogP contribution in [0.25, 0.3) is 0 Å². The van der Waals surface area contributed by atoms with Gasteiger partial charge in [0.25, 0.3) is 0 Å². The molecular weight excluding hydrogens is 887 g/mol. The number of Topliss-reactive ketones (excluding diaryl/α,β-unsaturated/α-hetero) is 1. The molecule has 4 rings (SSSR count). The van der Waals surface area contributed by atoms with Gasteiger partial charge in [0.15, 0.2) is 5.78 Å². The molecule has 22 heteroatoms. The first-order chi connectivity index (χ1) is 30.9. The minimum Gasteiger partial charge on any atom is -0.481 e. The van der Waals surface area contributed by atoms with Crippen LogP contribution in [0.2, 0.25) is 0 Å². The molecule has 4 fully saturated rings. The highest BCUT2D eigenvalue weighted by Gasteiger charge is 2.43. The second-order valence-electron chi connectivity index (χ2n) is 16.5. The van der Waals surface area contributed by atoms with E-state index in [1.807, 2.05) is 0 Å². The van der Waals surface area contributed by atoms with E-state index in [4.69, 9.17) is 25.7 Å². The molecule has 5 N–H and O–H groups in total. The van der Waals surface area contributed by atoms with Crippen LogP contribution in [0.5, 0.6) is 0 Å². The van der Waals surface area contributed by atoms with Gasteiger partial charge in [0.2, 0.25) is 35.4 Å². The Hall–Kier alpha value is -5.58. The summed E-state index contributed by atoms with van der Waals surface area (Å²) in [7, 11) is 0. The molecule has 2 saturated heterocycles. The minimum atomic E-state index is -1.27. The van der Waals surface area contributed by atoms with Crippen molar-refractivity contribution < 1.29 is 62.5 Å². The number of carbonyl (C=O) groups excluding carboxylic acids is 9. The van der Waals surface area contributed by atoms with Crippen molar-refractivity contribution in [3.63, 3.8) is 0 Å². The number of rotatable bonds is 24. The van der Waals surface area contributed by atoms with E-state index in [9.17, 15) is 53.1 Å². The summed E-state index contributed by atoms with van der Waals surface area (Å²) in [5, 5.41) is 31.1. The third kappa shape index (κ3) is 15.3. The molecule has 4 aliphatic rings. The van der Waals surface area contributed by atoms with Gasteiger partial charge in [-0.1, -0.05) is 13.2 Å². The summed E-state index contributed by atoms with van der Waals surface area (Å²) in [6, 6.07) is 2.05. The number of thioether (sulfide) groups is 2. The maximum atomic E-state index is 13.3. The minimum absolute atomic E-state index is 0.00503. The summed E-state index contributed by atoms with van der Waals surface area (Å²) < 4.78 is 9.72. The molecule has 0 radical (unpaired) electrons. The molecule has 2 saturated carbocycles. The maximum absolute atomic E-state index is 13.3. The fourth-order valence-corrected chi connectivity index (χ4v) is 10.4. The number of nitrogens with two attached hydrogens (primary N) is 1. The summed E-state index contributed by atoms with van der Waals surface area (Å²) in [6.07, 6.45) is 3.92. The molecule has 20 nitrogen and oxygen atoms in total. The Morgan fingerprint density at radius 3 is 1.49 bits per heavy atom. The normalized spacial score (nSPS) is 24.0. The number of carbonyl (C=O) groups is 10. The number of aliphatic carboxylic acids is 1. The predicted molar refractivity (Wildman–Crippen MR) is 232 cm³/mol. The standard InChI is InChI=1S/C43H55N7O13S2/c1-24(18-44)42(60)62-13-11-47-37(54)28-7-3-26(4-8-28)20-49-35(52)16-33(39(49)56)64-22-30(41(58)59)15-32(51)31(46)23-65-34-17-36(53)50(40(34)57)21-27-5-9-29(10-6-27)38(55)48-12-14-63-43(61)25(2)19-45/h26-31,33-34H,1-17,20-23,46H2,(H,47,54)(H,48,55)(H,58,59). The average molecular weight is 942 g/mol.